The number of hydrogen-bond donors (Lipinski definition) is 1. The number of thioether (sulfide) groups is 1. The second-order valence-electron chi connectivity index (χ2n) is 2.62. The van der Waals surface area contributed by atoms with E-state index in [4.69, 9.17) is 11.7 Å². The SMILES string of the molecule is C#CC(C)(C)NC(=NC#N)SC. The molecule has 0 rings (SSSR count). The van der Waals surface area contributed by atoms with Crippen LogP contribution in [-0.2, 0) is 0 Å². The Hall–Kier alpha value is -1.13. The summed E-state index contributed by atoms with van der Waals surface area (Å²) in [5, 5.41) is 11.8. The molecule has 0 aromatic heterocycles. The van der Waals surface area contributed by atoms with E-state index >= 15 is 0 Å². The molecule has 0 spiro atoms. The van der Waals surface area contributed by atoms with Crippen LogP contribution in [0.4, 0.5) is 0 Å². The van der Waals surface area contributed by atoms with Gasteiger partial charge in [0.2, 0.25) is 6.19 Å². The molecule has 12 heavy (non-hydrogen) atoms. The zero-order chi connectivity index (χ0) is 9.61. The summed E-state index contributed by atoms with van der Waals surface area (Å²) < 4.78 is 0. The van der Waals surface area contributed by atoms with Crippen LogP contribution in [0.3, 0.4) is 0 Å². The van der Waals surface area contributed by atoms with Gasteiger partial charge in [-0.05, 0) is 20.1 Å². The van der Waals surface area contributed by atoms with Crippen molar-refractivity contribution in [2.45, 2.75) is 19.4 Å². The minimum Gasteiger partial charge on any atom is -0.348 e. The van der Waals surface area contributed by atoms with Crippen LogP contribution in [0.25, 0.3) is 0 Å². The van der Waals surface area contributed by atoms with E-state index in [2.05, 4.69) is 16.2 Å². The predicted octanol–water partition coefficient (Wildman–Crippen LogP) is 1.19. The van der Waals surface area contributed by atoms with Gasteiger partial charge in [0.15, 0.2) is 5.17 Å². The summed E-state index contributed by atoms with van der Waals surface area (Å²) in [6.45, 7) is 3.69. The zero-order valence-electron chi connectivity index (χ0n) is 7.38. The van der Waals surface area contributed by atoms with Crippen molar-refractivity contribution in [2.24, 2.45) is 4.99 Å². The number of aliphatic imine (C=N–C) groups is 1. The third-order valence-electron chi connectivity index (χ3n) is 1.13. The highest BCUT2D eigenvalue weighted by Gasteiger charge is 2.14. The summed E-state index contributed by atoms with van der Waals surface area (Å²) in [7, 11) is 0. The van der Waals surface area contributed by atoms with Crippen molar-refractivity contribution >= 4 is 16.9 Å². The molecule has 0 radical (unpaired) electrons. The van der Waals surface area contributed by atoms with Crippen LogP contribution < -0.4 is 5.32 Å². The molecule has 0 atom stereocenters. The van der Waals surface area contributed by atoms with Crippen molar-refractivity contribution in [1.29, 1.82) is 5.26 Å². The molecule has 64 valence electrons. The van der Waals surface area contributed by atoms with Crippen molar-refractivity contribution in [3.8, 4) is 18.5 Å². The number of nitrogens with zero attached hydrogens (tertiary/aromatic N) is 2. The van der Waals surface area contributed by atoms with Gasteiger partial charge in [0.1, 0.15) is 0 Å². The molecule has 0 saturated heterocycles. The molecule has 0 bridgehead atoms. The molecular formula is C8H11N3S. The molecule has 0 heterocycles. The summed E-state index contributed by atoms with van der Waals surface area (Å²) in [5.41, 5.74) is -0.460. The fourth-order valence-corrected chi connectivity index (χ4v) is 0.963. The van der Waals surface area contributed by atoms with Crippen molar-refractivity contribution in [2.75, 3.05) is 6.26 Å². The minimum atomic E-state index is -0.460. The van der Waals surface area contributed by atoms with Crippen molar-refractivity contribution in [1.82, 2.24) is 5.32 Å². The van der Waals surface area contributed by atoms with E-state index in [1.165, 1.54) is 11.8 Å². The van der Waals surface area contributed by atoms with Crippen molar-refractivity contribution in [3.63, 3.8) is 0 Å². The van der Waals surface area contributed by atoms with E-state index in [1.807, 2.05) is 20.1 Å². The second-order valence-corrected chi connectivity index (χ2v) is 3.41. The predicted molar refractivity (Wildman–Crippen MR) is 52.6 cm³/mol. The first kappa shape index (κ1) is 10.9. The first-order valence-corrected chi connectivity index (χ1v) is 4.55. The maximum atomic E-state index is 8.29. The van der Waals surface area contributed by atoms with Crippen LogP contribution in [0.15, 0.2) is 4.99 Å². The Balaban J connectivity index is 4.36. The maximum absolute atomic E-state index is 8.29. The molecule has 1 N–H and O–H groups in total. The van der Waals surface area contributed by atoms with Gasteiger partial charge in [-0.3, -0.25) is 0 Å². The average molecular weight is 181 g/mol. The lowest BCUT2D eigenvalue weighted by Crippen LogP contribution is -2.40. The van der Waals surface area contributed by atoms with Gasteiger partial charge >= 0.3 is 0 Å². The van der Waals surface area contributed by atoms with E-state index in [-0.39, 0.29) is 0 Å². The van der Waals surface area contributed by atoms with E-state index in [1.54, 1.807) is 6.19 Å². The highest BCUT2D eigenvalue weighted by atomic mass is 32.2. The first-order chi connectivity index (χ1) is 5.55. The van der Waals surface area contributed by atoms with Crippen LogP contribution in [0.2, 0.25) is 0 Å². The van der Waals surface area contributed by atoms with Gasteiger partial charge in [0.25, 0.3) is 0 Å². The highest BCUT2D eigenvalue weighted by molar-refractivity contribution is 8.13. The Bertz CT molecular complexity index is 254. The topological polar surface area (TPSA) is 48.2 Å². The van der Waals surface area contributed by atoms with Gasteiger partial charge < -0.3 is 5.32 Å². The van der Waals surface area contributed by atoms with Crippen LogP contribution in [0.5, 0.6) is 0 Å². The quantitative estimate of drug-likeness (QED) is 0.286. The lowest BCUT2D eigenvalue weighted by Gasteiger charge is -2.20. The smallest absolute Gasteiger partial charge is 0.208 e. The molecule has 4 heteroatoms. The molecule has 0 aliphatic rings. The third kappa shape index (κ3) is 3.90. The fourth-order valence-electron chi connectivity index (χ4n) is 0.473. The molecule has 0 aliphatic carbocycles. The van der Waals surface area contributed by atoms with Gasteiger partial charge in [0.05, 0.1) is 5.54 Å². The largest absolute Gasteiger partial charge is 0.348 e. The Morgan fingerprint density at radius 3 is 2.58 bits per heavy atom. The van der Waals surface area contributed by atoms with E-state index in [0.29, 0.717) is 5.17 Å². The number of terminal acetylenes is 1. The van der Waals surface area contributed by atoms with E-state index in [9.17, 15) is 0 Å². The number of amidine groups is 1. The minimum absolute atomic E-state index is 0.460. The summed E-state index contributed by atoms with van der Waals surface area (Å²) in [6, 6.07) is 0. The Morgan fingerprint density at radius 1 is 1.67 bits per heavy atom. The van der Waals surface area contributed by atoms with Crippen LogP contribution >= 0.6 is 11.8 Å². The Kier molecular flexibility index (Phi) is 4.25. The van der Waals surface area contributed by atoms with Gasteiger partial charge in [-0.2, -0.15) is 5.26 Å². The Morgan fingerprint density at radius 2 is 2.25 bits per heavy atom. The average Bonchev–Trinajstić information content (AvgIpc) is 2.03. The highest BCUT2D eigenvalue weighted by Crippen LogP contribution is 2.04. The molecule has 0 aromatic carbocycles. The fraction of sp³-hybridized carbons (Fsp3) is 0.500. The summed E-state index contributed by atoms with van der Waals surface area (Å²) in [5.74, 6) is 2.55. The van der Waals surface area contributed by atoms with Crippen LogP contribution in [-0.4, -0.2) is 17.0 Å². The van der Waals surface area contributed by atoms with Gasteiger partial charge in [-0.15, -0.1) is 11.4 Å². The molecule has 0 saturated carbocycles. The normalized spacial score (nSPS) is 11.6. The van der Waals surface area contributed by atoms with Gasteiger partial charge in [-0.25, -0.2) is 0 Å². The number of nitriles is 1. The molecule has 3 nitrogen and oxygen atoms in total. The van der Waals surface area contributed by atoms with Gasteiger partial charge in [-0.1, -0.05) is 17.7 Å². The third-order valence-corrected chi connectivity index (χ3v) is 1.71. The van der Waals surface area contributed by atoms with Crippen molar-refractivity contribution in [3.05, 3.63) is 0 Å². The van der Waals surface area contributed by atoms with Gasteiger partial charge in [0, 0.05) is 0 Å². The summed E-state index contributed by atoms with van der Waals surface area (Å²) in [4.78, 5) is 3.55. The number of nitrogens with one attached hydrogen (secondary N) is 1. The molecule has 0 aliphatic heterocycles. The van der Waals surface area contributed by atoms with Crippen molar-refractivity contribution < 1.29 is 0 Å². The number of hydrogen-bond acceptors (Lipinski definition) is 3. The molecule has 0 amide bonds. The Labute approximate surface area is 77.3 Å². The zero-order valence-corrected chi connectivity index (χ0v) is 8.20. The molecule has 0 unspecified atom stereocenters. The molecule has 0 aromatic rings. The maximum Gasteiger partial charge on any atom is 0.208 e. The molecule has 0 fully saturated rings. The molecular weight excluding hydrogens is 170 g/mol. The van der Waals surface area contributed by atoms with E-state index in [0.717, 1.165) is 0 Å². The van der Waals surface area contributed by atoms with E-state index < -0.39 is 5.54 Å². The number of rotatable bonds is 1. The first-order valence-electron chi connectivity index (χ1n) is 3.32. The second kappa shape index (κ2) is 4.69. The monoisotopic (exact) mass is 181 g/mol. The summed E-state index contributed by atoms with van der Waals surface area (Å²) >= 11 is 1.36. The van der Waals surface area contributed by atoms with Crippen LogP contribution in [0.1, 0.15) is 13.8 Å². The lowest BCUT2D eigenvalue weighted by molar-refractivity contribution is 0.605. The van der Waals surface area contributed by atoms with Crippen LogP contribution in [0, 0.1) is 23.8 Å². The lowest BCUT2D eigenvalue weighted by atomic mass is 10.1. The summed E-state index contributed by atoms with van der Waals surface area (Å²) in [6.07, 6.45) is 8.78. The standard InChI is InChI=1S/C8H11N3S/c1-5-8(2,3)11-7(12-4)10-6-9/h1H,2-4H3,(H,10,11).